The van der Waals surface area contributed by atoms with E-state index in [9.17, 15) is 0 Å². The van der Waals surface area contributed by atoms with Crippen molar-refractivity contribution in [2.75, 3.05) is 13.1 Å². The zero-order chi connectivity index (χ0) is 21.5. The summed E-state index contributed by atoms with van der Waals surface area (Å²) in [7, 11) is 0. The maximum absolute atomic E-state index is 4.75. The molecule has 2 aromatic rings. The van der Waals surface area contributed by atoms with Gasteiger partial charge in [-0.25, -0.2) is 4.98 Å². The van der Waals surface area contributed by atoms with E-state index in [0.29, 0.717) is 0 Å². The number of piperidine rings is 1. The van der Waals surface area contributed by atoms with Crippen LogP contribution in [0.25, 0.3) is 5.57 Å². The molecule has 30 heavy (non-hydrogen) atoms. The Hall–Kier alpha value is -2.81. The van der Waals surface area contributed by atoms with Crippen molar-refractivity contribution < 1.29 is 0 Å². The van der Waals surface area contributed by atoms with Gasteiger partial charge in [-0.1, -0.05) is 68.5 Å². The van der Waals surface area contributed by atoms with Gasteiger partial charge in [-0.15, -0.1) is 0 Å². The van der Waals surface area contributed by atoms with Crippen LogP contribution in [0, 0.1) is 0 Å². The second-order valence-electron chi connectivity index (χ2n) is 7.51. The van der Waals surface area contributed by atoms with Crippen LogP contribution >= 0.6 is 0 Å². The maximum atomic E-state index is 4.75. The SMILES string of the molecule is C=C(C(/C=C\C)=C/C)N1CCC(=C2c3ccccc3CCn3ccnc32)CC1.CC. The summed E-state index contributed by atoms with van der Waals surface area (Å²) in [5.74, 6) is 1.13. The average Bonchev–Trinajstić information content (AvgIpc) is 3.20. The van der Waals surface area contributed by atoms with Gasteiger partial charge in [0.25, 0.3) is 0 Å². The third kappa shape index (κ3) is 4.35. The lowest BCUT2D eigenvalue weighted by Crippen LogP contribution is -2.30. The Morgan fingerprint density at radius 1 is 1.03 bits per heavy atom. The summed E-state index contributed by atoms with van der Waals surface area (Å²) in [6.07, 6.45) is 13.6. The van der Waals surface area contributed by atoms with Crippen LogP contribution in [0.1, 0.15) is 57.5 Å². The van der Waals surface area contributed by atoms with Crippen LogP contribution in [0.2, 0.25) is 0 Å². The number of hydrogen-bond donors (Lipinski definition) is 0. The third-order valence-electron chi connectivity index (χ3n) is 5.94. The first-order valence-corrected chi connectivity index (χ1v) is 11.3. The number of nitrogens with zero attached hydrogens (tertiary/aromatic N) is 3. The van der Waals surface area contributed by atoms with Gasteiger partial charge in [-0.2, -0.15) is 0 Å². The molecule has 0 radical (unpaired) electrons. The molecule has 2 aliphatic heterocycles. The Balaban J connectivity index is 0.00000124. The van der Waals surface area contributed by atoms with E-state index in [1.807, 2.05) is 20.0 Å². The highest BCUT2D eigenvalue weighted by molar-refractivity contribution is 5.81. The van der Waals surface area contributed by atoms with E-state index in [0.717, 1.165) is 50.4 Å². The number of imidazole rings is 1. The highest BCUT2D eigenvalue weighted by Crippen LogP contribution is 2.36. The molecule has 1 fully saturated rings. The monoisotopic (exact) mass is 401 g/mol. The lowest BCUT2D eigenvalue weighted by Gasteiger charge is -2.33. The number of aromatic nitrogens is 2. The molecule has 0 unspecified atom stereocenters. The van der Waals surface area contributed by atoms with E-state index in [1.165, 1.54) is 27.8 Å². The molecular formula is C27H35N3. The Labute approximate surface area is 182 Å². The molecule has 1 aromatic carbocycles. The number of benzene rings is 1. The second kappa shape index (κ2) is 10.3. The van der Waals surface area contributed by atoms with Crippen molar-refractivity contribution >= 4 is 5.57 Å². The summed E-state index contributed by atoms with van der Waals surface area (Å²) >= 11 is 0. The first kappa shape index (κ1) is 21.9. The predicted molar refractivity (Wildman–Crippen MR) is 128 cm³/mol. The molecule has 0 spiro atoms. The molecule has 4 rings (SSSR count). The van der Waals surface area contributed by atoms with Gasteiger partial charge in [0.05, 0.1) is 0 Å². The number of hydrogen-bond acceptors (Lipinski definition) is 2. The molecule has 0 saturated carbocycles. The van der Waals surface area contributed by atoms with Crippen molar-refractivity contribution in [3.05, 3.63) is 95.3 Å². The normalized spacial score (nSPS) is 16.5. The summed E-state index contributed by atoms with van der Waals surface area (Å²) in [6, 6.07) is 8.86. The molecule has 1 saturated heterocycles. The van der Waals surface area contributed by atoms with E-state index in [1.54, 1.807) is 0 Å². The van der Waals surface area contributed by atoms with Crippen LogP contribution in [0.5, 0.6) is 0 Å². The van der Waals surface area contributed by atoms with Gasteiger partial charge >= 0.3 is 0 Å². The van der Waals surface area contributed by atoms with Gasteiger partial charge in [0, 0.05) is 43.3 Å². The minimum atomic E-state index is 1.00. The van der Waals surface area contributed by atoms with Crippen molar-refractivity contribution in [2.45, 2.75) is 53.5 Å². The first-order valence-electron chi connectivity index (χ1n) is 11.3. The average molecular weight is 402 g/mol. The molecule has 0 N–H and O–H groups in total. The molecule has 0 bridgehead atoms. The van der Waals surface area contributed by atoms with Crippen LogP contribution < -0.4 is 0 Å². The maximum Gasteiger partial charge on any atom is 0.140 e. The summed E-state index contributed by atoms with van der Waals surface area (Å²) < 4.78 is 2.32. The number of fused-ring (bicyclic) bond motifs is 2. The van der Waals surface area contributed by atoms with E-state index >= 15 is 0 Å². The highest BCUT2D eigenvalue weighted by Gasteiger charge is 2.25. The molecule has 0 aliphatic carbocycles. The minimum absolute atomic E-state index is 1.00. The Morgan fingerprint density at radius 2 is 1.77 bits per heavy atom. The quantitative estimate of drug-likeness (QED) is 0.555. The molecule has 3 heteroatoms. The summed E-state index contributed by atoms with van der Waals surface area (Å²) in [5, 5.41) is 0. The Bertz CT molecular complexity index is 961. The van der Waals surface area contributed by atoms with Crippen molar-refractivity contribution in [3.8, 4) is 0 Å². The summed E-state index contributed by atoms with van der Waals surface area (Å²) in [6.45, 7) is 15.5. The number of allylic oxidation sites excluding steroid dienone is 3. The number of aryl methyl sites for hydroxylation is 2. The highest BCUT2D eigenvalue weighted by atomic mass is 15.1. The van der Waals surface area contributed by atoms with E-state index in [-0.39, 0.29) is 0 Å². The fraction of sp³-hybridized carbons (Fsp3) is 0.370. The fourth-order valence-corrected chi connectivity index (χ4v) is 4.43. The van der Waals surface area contributed by atoms with E-state index in [2.05, 4.69) is 78.6 Å². The van der Waals surface area contributed by atoms with Crippen LogP contribution in [0.4, 0.5) is 0 Å². The molecular weight excluding hydrogens is 366 g/mol. The number of rotatable bonds is 3. The molecule has 0 amide bonds. The van der Waals surface area contributed by atoms with Crippen LogP contribution in [0.3, 0.4) is 0 Å². The minimum Gasteiger partial charge on any atom is -0.371 e. The number of likely N-dealkylation sites (tertiary alicyclic amines) is 1. The smallest absolute Gasteiger partial charge is 0.140 e. The summed E-state index contributed by atoms with van der Waals surface area (Å²) in [5.41, 5.74) is 8.05. The fourth-order valence-electron chi connectivity index (χ4n) is 4.43. The topological polar surface area (TPSA) is 21.1 Å². The molecule has 3 nitrogen and oxygen atoms in total. The van der Waals surface area contributed by atoms with Crippen molar-refractivity contribution in [2.24, 2.45) is 0 Å². The van der Waals surface area contributed by atoms with Crippen molar-refractivity contribution in [3.63, 3.8) is 0 Å². The Kier molecular flexibility index (Phi) is 7.51. The van der Waals surface area contributed by atoms with E-state index < -0.39 is 0 Å². The molecule has 0 atom stereocenters. The van der Waals surface area contributed by atoms with Gasteiger partial charge in [-0.05, 0) is 49.8 Å². The molecule has 3 heterocycles. The standard InChI is InChI=1S/C25H29N3.C2H6/c1-4-8-20(5-2)19(3)27-15-12-22(13-16-27)24-23-10-7-6-9-21(23)11-17-28-18-14-26-25(24)28;1-2/h4-10,14,18H,3,11-13,15-17H2,1-2H3;1-2H3/b8-4-,20-5+;. The third-order valence-corrected chi connectivity index (χ3v) is 5.94. The second-order valence-corrected chi connectivity index (χ2v) is 7.51. The zero-order valence-corrected chi connectivity index (χ0v) is 19.0. The first-order chi connectivity index (χ1) is 14.7. The van der Waals surface area contributed by atoms with Crippen molar-refractivity contribution in [1.82, 2.24) is 14.5 Å². The van der Waals surface area contributed by atoms with Gasteiger partial charge in [0.1, 0.15) is 5.82 Å². The zero-order valence-electron chi connectivity index (χ0n) is 19.0. The van der Waals surface area contributed by atoms with Gasteiger partial charge in [0.2, 0.25) is 0 Å². The lowest BCUT2D eigenvalue weighted by atomic mass is 9.89. The van der Waals surface area contributed by atoms with Crippen LogP contribution in [-0.4, -0.2) is 27.5 Å². The summed E-state index contributed by atoms with van der Waals surface area (Å²) in [4.78, 5) is 7.17. The van der Waals surface area contributed by atoms with Crippen molar-refractivity contribution in [1.29, 1.82) is 0 Å². The molecule has 1 aromatic heterocycles. The molecule has 158 valence electrons. The largest absolute Gasteiger partial charge is 0.371 e. The van der Waals surface area contributed by atoms with Gasteiger partial charge < -0.3 is 9.47 Å². The van der Waals surface area contributed by atoms with Gasteiger partial charge in [-0.3, -0.25) is 0 Å². The lowest BCUT2D eigenvalue weighted by molar-refractivity contribution is 0.329. The van der Waals surface area contributed by atoms with Crippen LogP contribution in [0.15, 0.2) is 78.3 Å². The van der Waals surface area contributed by atoms with E-state index in [4.69, 9.17) is 4.98 Å². The Morgan fingerprint density at radius 3 is 2.47 bits per heavy atom. The predicted octanol–water partition coefficient (Wildman–Crippen LogP) is 6.40. The molecule has 2 aliphatic rings. The van der Waals surface area contributed by atoms with Gasteiger partial charge in [0.15, 0.2) is 0 Å². The van der Waals surface area contributed by atoms with Crippen LogP contribution in [-0.2, 0) is 13.0 Å².